The highest BCUT2D eigenvalue weighted by Crippen LogP contribution is 2.39. The summed E-state index contributed by atoms with van der Waals surface area (Å²) in [6.07, 6.45) is -14.3. The van der Waals surface area contributed by atoms with Gasteiger partial charge in [0.05, 0.1) is 4.92 Å². The van der Waals surface area contributed by atoms with E-state index in [9.17, 15) is 43.7 Å². The molecule has 0 N–H and O–H groups in total. The van der Waals surface area contributed by atoms with Crippen LogP contribution in [0.1, 0.15) is 54.0 Å². The number of hydrogen-bond donors (Lipinski definition) is 0. The summed E-state index contributed by atoms with van der Waals surface area (Å²) < 4.78 is 56.6. The maximum Gasteiger partial charge on any atom is 0.303 e. The van der Waals surface area contributed by atoms with Crippen molar-refractivity contribution in [1.82, 2.24) is 0 Å². The number of carbonyl (C=O) groups is 7. The number of halogens is 1. The second-order valence-electron chi connectivity index (χ2n) is 12.0. The first-order valence-electron chi connectivity index (χ1n) is 16.4. The molecule has 2 aliphatic rings. The number of nitrogens with zero attached hydrogens (tertiary/aromatic N) is 1. The number of nitro benzene ring substituents is 1. The van der Waals surface area contributed by atoms with Crippen LogP contribution >= 0.6 is 23.4 Å². The molecule has 20 nitrogen and oxygen atoms in total. The minimum absolute atomic E-state index is 0.00126. The third-order valence-electron chi connectivity index (χ3n) is 7.51. The number of ether oxygens (including phenoxy) is 10. The number of rotatable bonds is 15. The van der Waals surface area contributed by atoms with E-state index in [1.165, 1.54) is 18.2 Å². The lowest BCUT2D eigenvalue weighted by atomic mass is 9.96. The van der Waals surface area contributed by atoms with Crippen LogP contribution in [0, 0.1) is 10.1 Å². The lowest BCUT2D eigenvalue weighted by Gasteiger charge is -2.48. The monoisotopic (exact) mass is 821 g/mol. The fourth-order valence-corrected chi connectivity index (χ4v) is 6.92. The minimum atomic E-state index is -1.83. The smallest absolute Gasteiger partial charge is 0.303 e. The van der Waals surface area contributed by atoms with Crippen LogP contribution < -0.4 is 0 Å². The number of thioether (sulfide) groups is 1. The van der Waals surface area contributed by atoms with Crippen molar-refractivity contribution in [2.24, 2.45) is 0 Å². The van der Waals surface area contributed by atoms with E-state index in [0.29, 0.717) is 5.56 Å². The van der Waals surface area contributed by atoms with E-state index in [4.69, 9.17) is 59.0 Å². The minimum Gasteiger partial charge on any atom is -0.463 e. The average molecular weight is 822 g/mol. The molecule has 3 rings (SSSR count). The molecule has 2 heterocycles. The van der Waals surface area contributed by atoms with Crippen LogP contribution in [-0.2, 0) is 86.7 Å². The molecule has 10 atom stereocenters. The van der Waals surface area contributed by atoms with Crippen LogP contribution in [0.2, 0.25) is 5.02 Å². The largest absolute Gasteiger partial charge is 0.463 e. The summed E-state index contributed by atoms with van der Waals surface area (Å²) in [7, 11) is 0. The molecule has 0 spiro atoms. The molecule has 0 aliphatic carbocycles. The Hall–Kier alpha value is -4.57. The van der Waals surface area contributed by atoms with Crippen LogP contribution in [0.15, 0.2) is 18.2 Å². The van der Waals surface area contributed by atoms with Crippen molar-refractivity contribution in [1.29, 1.82) is 0 Å². The van der Waals surface area contributed by atoms with Crippen LogP contribution in [0.4, 0.5) is 5.69 Å². The normalized spacial score (nSPS) is 27.4. The van der Waals surface area contributed by atoms with E-state index < -0.39 is 120 Å². The van der Waals surface area contributed by atoms with Gasteiger partial charge in [-0.25, -0.2) is 0 Å². The lowest BCUT2D eigenvalue weighted by molar-refractivity contribution is -0.384. The summed E-state index contributed by atoms with van der Waals surface area (Å²) >= 11 is 6.93. The van der Waals surface area contributed by atoms with Gasteiger partial charge in [0, 0.05) is 60.3 Å². The zero-order valence-electron chi connectivity index (χ0n) is 30.6. The van der Waals surface area contributed by atoms with Gasteiger partial charge >= 0.3 is 41.8 Å². The van der Waals surface area contributed by atoms with Gasteiger partial charge in [-0.05, 0) is 11.6 Å². The van der Waals surface area contributed by atoms with Crippen molar-refractivity contribution in [2.75, 3.05) is 13.2 Å². The van der Waals surface area contributed by atoms with Crippen molar-refractivity contribution in [3.8, 4) is 0 Å². The Morgan fingerprint density at radius 1 is 0.655 bits per heavy atom. The Balaban J connectivity index is 2.15. The molecule has 1 aromatic carbocycles. The van der Waals surface area contributed by atoms with Crippen molar-refractivity contribution in [2.45, 2.75) is 115 Å². The average Bonchev–Trinajstić information content (AvgIpc) is 3.06. The summed E-state index contributed by atoms with van der Waals surface area (Å²) in [6, 6.07) is 4.07. The Labute approximate surface area is 323 Å². The standard InChI is InChI=1S/C33H40ClNO19S/c1-14(36)45-11-24-26(47-16(3)38)28(48-17(4)39)30(50-19(6)41)32(52-24)54-27-25(12-46-15(2)37)53-33(31(51-20(7)42)29(27)49-18(5)40)55-13-21-8-9-22(34)23(10-21)35(43)44/h8-10,24-33H,11-13H2,1-7H3/t24-,25-,26-,27-,28+,29+,30-,31-,32-,33+/m1/s1. The molecular formula is C33H40ClNO19S. The third-order valence-corrected chi connectivity index (χ3v) is 9.03. The van der Waals surface area contributed by atoms with Crippen LogP contribution in [0.3, 0.4) is 0 Å². The molecule has 0 bridgehead atoms. The van der Waals surface area contributed by atoms with Crippen molar-refractivity contribution < 1.29 is 85.9 Å². The van der Waals surface area contributed by atoms with E-state index >= 15 is 0 Å². The number of esters is 7. The predicted octanol–water partition coefficient (Wildman–Crippen LogP) is 2.10. The number of benzene rings is 1. The highest BCUT2D eigenvalue weighted by atomic mass is 35.5. The maximum atomic E-state index is 12.6. The van der Waals surface area contributed by atoms with Crippen molar-refractivity contribution in [3.63, 3.8) is 0 Å². The summed E-state index contributed by atoms with van der Waals surface area (Å²) in [5, 5.41) is 11.4. The molecule has 22 heteroatoms. The van der Waals surface area contributed by atoms with Gasteiger partial charge in [0.15, 0.2) is 36.8 Å². The van der Waals surface area contributed by atoms with Crippen LogP contribution in [-0.4, -0.2) is 120 Å². The van der Waals surface area contributed by atoms with Gasteiger partial charge < -0.3 is 47.4 Å². The van der Waals surface area contributed by atoms with Crippen molar-refractivity contribution >= 4 is 70.8 Å². The summed E-state index contributed by atoms with van der Waals surface area (Å²) in [5.74, 6) is -6.03. The van der Waals surface area contributed by atoms with Crippen LogP contribution in [0.25, 0.3) is 0 Å². The van der Waals surface area contributed by atoms with Crippen LogP contribution in [0.5, 0.6) is 0 Å². The fraction of sp³-hybridized carbons (Fsp3) is 0.606. The van der Waals surface area contributed by atoms with E-state index in [1.54, 1.807) is 0 Å². The predicted molar refractivity (Wildman–Crippen MR) is 183 cm³/mol. The van der Waals surface area contributed by atoms with Gasteiger partial charge in [0.1, 0.15) is 42.0 Å². The molecule has 0 saturated carbocycles. The van der Waals surface area contributed by atoms with Gasteiger partial charge in [-0.2, -0.15) is 0 Å². The summed E-state index contributed by atoms with van der Waals surface area (Å²) in [6.45, 7) is 6.20. The quantitative estimate of drug-likeness (QED) is 0.106. The van der Waals surface area contributed by atoms with Gasteiger partial charge in [0.25, 0.3) is 5.69 Å². The number of hydrogen-bond acceptors (Lipinski definition) is 20. The summed E-state index contributed by atoms with van der Waals surface area (Å²) in [5.41, 5.74) is -1.19. The Morgan fingerprint density at radius 2 is 1.11 bits per heavy atom. The second-order valence-corrected chi connectivity index (χ2v) is 13.5. The van der Waals surface area contributed by atoms with E-state index in [0.717, 1.165) is 60.2 Å². The topological polar surface area (TPSA) is 255 Å². The van der Waals surface area contributed by atoms with Crippen molar-refractivity contribution in [3.05, 3.63) is 38.9 Å². The first kappa shape index (κ1) is 44.8. The van der Waals surface area contributed by atoms with Gasteiger partial charge in [-0.15, -0.1) is 11.8 Å². The number of nitro groups is 1. The lowest BCUT2D eigenvalue weighted by Crippen LogP contribution is -2.66. The first-order valence-corrected chi connectivity index (χ1v) is 17.8. The highest BCUT2D eigenvalue weighted by Gasteiger charge is 2.57. The van der Waals surface area contributed by atoms with Gasteiger partial charge in [0.2, 0.25) is 0 Å². The highest BCUT2D eigenvalue weighted by molar-refractivity contribution is 7.99. The zero-order valence-corrected chi connectivity index (χ0v) is 32.2. The molecule has 2 fully saturated rings. The maximum absolute atomic E-state index is 12.6. The molecule has 1 aromatic rings. The molecule has 0 aromatic heterocycles. The molecule has 0 amide bonds. The fourth-order valence-electron chi connectivity index (χ4n) is 5.57. The Morgan fingerprint density at radius 3 is 1.60 bits per heavy atom. The van der Waals surface area contributed by atoms with E-state index in [1.807, 2.05) is 0 Å². The molecule has 2 saturated heterocycles. The molecule has 2 aliphatic heterocycles. The molecule has 304 valence electrons. The Kier molecular flexibility index (Phi) is 16.6. The summed E-state index contributed by atoms with van der Waals surface area (Å²) in [4.78, 5) is 96.7. The van der Waals surface area contributed by atoms with E-state index in [2.05, 4.69) is 0 Å². The molecule has 0 radical (unpaired) electrons. The Bertz CT molecular complexity index is 1620. The first-order chi connectivity index (χ1) is 25.8. The van der Waals surface area contributed by atoms with E-state index in [-0.39, 0.29) is 16.5 Å². The second kappa shape index (κ2) is 20.4. The molecular weight excluding hydrogens is 782 g/mol. The van der Waals surface area contributed by atoms with Gasteiger partial charge in [-0.1, -0.05) is 17.7 Å². The number of carbonyl (C=O) groups excluding carboxylic acids is 7. The molecule has 55 heavy (non-hydrogen) atoms. The SMILES string of the molecule is CC(=O)OC[C@H]1O[C@@H](SCc2ccc(Cl)c([N+](=O)[O-])c2)[C@H](OC(C)=O)[C@@H](OC(C)=O)[C@@H]1O[C@H]1O[C@H](COC(C)=O)[C@@H](OC(C)=O)[C@H](OC(C)=O)[C@H]1OC(C)=O. The third kappa shape index (κ3) is 13.3. The molecule has 0 unspecified atom stereocenters. The van der Waals surface area contributed by atoms with Gasteiger partial charge in [-0.3, -0.25) is 43.7 Å². The zero-order chi connectivity index (χ0) is 41.1.